The van der Waals surface area contributed by atoms with E-state index in [-0.39, 0.29) is 23.8 Å². The van der Waals surface area contributed by atoms with E-state index in [0.29, 0.717) is 13.1 Å². The molecular weight excluding hydrogens is 432 g/mol. The Morgan fingerprint density at radius 2 is 1.62 bits per heavy atom. The van der Waals surface area contributed by atoms with Gasteiger partial charge < -0.3 is 20.1 Å². The predicted octanol–water partition coefficient (Wildman–Crippen LogP) is 4.16. The number of rotatable bonds is 6. The molecule has 34 heavy (non-hydrogen) atoms. The molecule has 7 heteroatoms. The molecule has 178 valence electrons. The Bertz CT molecular complexity index is 1060. The number of aliphatic carboxylic acids is 1. The maximum Gasteiger partial charge on any atom is 0.407 e. The van der Waals surface area contributed by atoms with Crippen LogP contribution in [0.25, 0.3) is 11.1 Å². The second-order valence-corrected chi connectivity index (χ2v) is 9.84. The fraction of sp³-hybridized carbons (Fsp3) is 0.444. The van der Waals surface area contributed by atoms with Crippen molar-refractivity contribution in [1.82, 2.24) is 10.2 Å². The summed E-state index contributed by atoms with van der Waals surface area (Å²) in [6.07, 6.45) is 4.30. The maximum absolute atomic E-state index is 13.1. The SMILES string of the molecule is O=C(O)CC(NC(=O)OCC1c2ccccc2-c2ccccc21)C(=O)N1CCC2(CCCC2)C1. The van der Waals surface area contributed by atoms with E-state index in [9.17, 15) is 19.5 Å². The number of carboxylic acids is 1. The zero-order valence-electron chi connectivity index (χ0n) is 19.2. The lowest BCUT2D eigenvalue weighted by atomic mass is 9.86. The Morgan fingerprint density at radius 1 is 1.00 bits per heavy atom. The number of carboxylic acid groups (broad SMARTS) is 1. The normalized spacial score (nSPS) is 19.0. The van der Waals surface area contributed by atoms with Crippen molar-refractivity contribution < 1.29 is 24.2 Å². The fourth-order valence-electron chi connectivity index (χ4n) is 6.03. The molecule has 1 aliphatic heterocycles. The van der Waals surface area contributed by atoms with Gasteiger partial charge in [-0.1, -0.05) is 61.4 Å². The molecule has 1 heterocycles. The minimum Gasteiger partial charge on any atom is -0.481 e. The summed E-state index contributed by atoms with van der Waals surface area (Å²) in [5, 5.41) is 11.9. The third kappa shape index (κ3) is 4.27. The number of likely N-dealkylation sites (tertiary alicyclic amines) is 1. The van der Waals surface area contributed by atoms with E-state index < -0.39 is 24.5 Å². The number of hydrogen-bond donors (Lipinski definition) is 2. The van der Waals surface area contributed by atoms with Gasteiger partial charge in [-0.05, 0) is 46.9 Å². The Hall–Kier alpha value is -3.35. The quantitative estimate of drug-likeness (QED) is 0.672. The lowest BCUT2D eigenvalue weighted by molar-refractivity contribution is -0.142. The summed E-state index contributed by atoms with van der Waals surface area (Å²) in [5.41, 5.74) is 4.61. The molecule has 1 spiro atoms. The number of hydrogen-bond acceptors (Lipinski definition) is 4. The first-order valence-electron chi connectivity index (χ1n) is 12.1. The van der Waals surface area contributed by atoms with E-state index in [2.05, 4.69) is 17.4 Å². The molecule has 7 nitrogen and oxygen atoms in total. The van der Waals surface area contributed by atoms with E-state index in [0.717, 1.165) is 41.5 Å². The van der Waals surface area contributed by atoms with Crippen molar-refractivity contribution in [2.24, 2.45) is 5.41 Å². The molecule has 2 fully saturated rings. The van der Waals surface area contributed by atoms with Crippen LogP contribution in [0.1, 0.15) is 55.6 Å². The lowest BCUT2D eigenvalue weighted by Crippen LogP contribution is -2.49. The van der Waals surface area contributed by atoms with Crippen LogP contribution in [0.15, 0.2) is 48.5 Å². The first-order chi connectivity index (χ1) is 16.5. The summed E-state index contributed by atoms with van der Waals surface area (Å²) in [4.78, 5) is 39.0. The molecular formula is C27H30N2O5. The molecule has 0 bridgehead atoms. The number of ether oxygens (including phenoxy) is 1. The zero-order valence-corrected chi connectivity index (χ0v) is 19.2. The van der Waals surface area contributed by atoms with Crippen LogP contribution in [0, 0.1) is 5.41 Å². The molecule has 1 atom stereocenters. The minimum absolute atomic E-state index is 0.104. The van der Waals surface area contributed by atoms with Gasteiger partial charge in [0.2, 0.25) is 5.91 Å². The molecule has 1 unspecified atom stereocenters. The van der Waals surface area contributed by atoms with Gasteiger partial charge in [-0.15, -0.1) is 0 Å². The van der Waals surface area contributed by atoms with Gasteiger partial charge in [0.25, 0.3) is 0 Å². The highest BCUT2D eigenvalue weighted by Crippen LogP contribution is 2.46. The highest BCUT2D eigenvalue weighted by atomic mass is 16.5. The van der Waals surface area contributed by atoms with Crippen LogP contribution in [0.5, 0.6) is 0 Å². The van der Waals surface area contributed by atoms with Crippen molar-refractivity contribution in [2.75, 3.05) is 19.7 Å². The first kappa shape index (κ1) is 22.4. The van der Waals surface area contributed by atoms with Crippen LogP contribution in [-0.2, 0) is 14.3 Å². The van der Waals surface area contributed by atoms with Crippen molar-refractivity contribution in [3.8, 4) is 11.1 Å². The Labute approximate surface area is 199 Å². The number of nitrogens with zero attached hydrogens (tertiary/aromatic N) is 1. The molecule has 1 saturated heterocycles. The third-order valence-electron chi connectivity index (χ3n) is 7.73. The molecule has 2 aromatic rings. The van der Waals surface area contributed by atoms with Gasteiger partial charge in [0.1, 0.15) is 12.6 Å². The second kappa shape index (κ2) is 9.12. The molecule has 3 aliphatic rings. The molecule has 2 aliphatic carbocycles. The zero-order chi connectivity index (χ0) is 23.7. The highest BCUT2D eigenvalue weighted by Gasteiger charge is 2.43. The smallest absolute Gasteiger partial charge is 0.407 e. The van der Waals surface area contributed by atoms with Crippen LogP contribution in [0.3, 0.4) is 0 Å². The van der Waals surface area contributed by atoms with Crippen LogP contribution < -0.4 is 5.32 Å². The van der Waals surface area contributed by atoms with Gasteiger partial charge in [0, 0.05) is 19.0 Å². The first-order valence-corrected chi connectivity index (χ1v) is 12.1. The number of carbonyl (C=O) groups is 3. The summed E-state index contributed by atoms with van der Waals surface area (Å²) in [6, 6.07) is 15.0. The summed E-state index contributed by atoms with van der Waals surface area (Å²) in [6.45, 7) is 1.37. The average molecular weight is 463 g/mol. The van der Waals surface area contributed by atoms with E-state index in [4.69, 9.17) is 4.74 Å². The number of fused-ring (bicyclic) bond motifs is 3. The largest absolute Gasteiger partial charge is 0.481 e. The summed E-state index contributed by atoms with van der Waals surface area (Å²) in [5.74, 6) is -1.57. The number of alkyl carbamates (subject to hydrolysis) is 1. The molecule has 2 amide bonds. The van der Waals surface area contributed by atoms with Gasteiger partial charge in [0.05, 0.1) is 6.42 Å². The van der Waals surface area contributed by atoms with E-state index in [1.807, 2.05) is 36.4 Å². The monoisotopic (exact) mass is 462 g/mol. The Kier molecular flexibility index (Phi) is 6.02. The van der Waals surface area contributed by atoms with Gasteiger partial charge in [-0.25, -0.2) is 4.79 Å². The number of nitrogens with one attached hydrogen (secondary N) is 1. The van der Waals surface area contributed by atoms with Crippen molar-refractivity contribution >= 4 is 18.0 Å². The number of benzene rings is 2. The second-order valence-electron chi connectivity index (χ2n) is 9.84. The van der Waals surface area contributed by atoms with Crippen molar-refractivity contribution in [3.05, 3.63) is 59.7 Å². The van der Waals surface area contributed by atoms with Gasteiger partial charge >= 0.3 is 12.1 Å². The van der Waals surface area contributed by atoms with Crippen LogP contribution >= 0.6 is 0 Å². The summed E-state index contributed by atoms with van der Waals surface area (Å²) < 4.78 is 5.54. The van der Waals surface area contributed by atoms with Crippen LogP contribution in [-0.4, -0.2) is 53.7 Å². The molecule has 5 rings (SSSR count). The molecule has 1 saturated carbocycles. The fourth-order valence-corrected chi connectivity index (χ4v) is 6.03. The Morgan fingerprint density at radius 3 is 2.24 bits per heavy atom. The summed E-state index contributed by atoms with van der Waals surface area (Å²) >= 11 is 0. The molecule has 2 N–H and O–H groups in total. The van der Waals surface area contributed by atoms with Crippen molar-refractivity contribution in [1.29, 1.82) is 0 Å². The highest BCUT2D eigenvalue weighted by molar-refractivity contribution is 5.89. The number of amides is 2. The predicted molar refractivity (Wildman–Crippen MR) is 126 cm³/mol. The standard InChI is InChI=1S/C27H30N2O5/c30-24(31)15-23(25(32)29-14-13-27(17-29)11-5-6-12-27)28-26(33)34-16-22-20-9-3-1-7-18(20)19-8-2-4-10-21(19)22/h1-4,7-10,22-23H,5-6,11-17H2,(H,28,33)(H,30,31). The molecule has 0 radical (unpaired) electrons. The van der Waals surface area contributed by atoms with Crippen molar-refractivity contribution in [3.63, 3.8) is 0 Å². The lowest BCUT2D eigenvalue weighted by Gasteiger charge is -2.26. The van der Waals surface area contributed by atoms with E-state index >= 15 is 0 Å². The van der Waals surface area contributed by atoms with E-state index in [1.165, 1.54) is 12.8 Å². The third-order valence-corrected chi connectivity index (χ3v) is 7.73. The van der Waals surface area contributed by atoms with Crippen LogP contribution in [0.2, 0.25) is 0 Å². The van der Waals surface area contributed by atoms with E-state index in [1.54, 1.807) is 4.90 Å². The minimum atomic E-state index is -1.13. The topological polar surface area (TPSA) is 95.9 Å². The van der Waals surface area contributed by atoms with Crippen molar-refractivity contribution in [2.45, 2.75) is 50.5 Å². The Balaban J connectivity index is 1.24. The maximum atomic E-state index is 13.1. The molecule has 2 aromatic carbocycles. The van der Waals surface area contributed by atoms with Gasteiger partial charge in [-0.3, -0.25) is 9.59 Å². The van der Waals surface area contributed by atoms with Gasteiger partial charge in [0.15, 0.2) is 0 Å². The number of carbonyl (C=O) groups excluding carboxylic acids is 2. The molecule has 0 aromatic heterocycles. The van der Waals surface area contributed by atoms with Gasteiger partial charge in [-0.2, -0.15) is 0 Å². The van der Waals surface area contributed by atoms with Crippen LogP contribution in [0.4, 0.5) is 4.79 Å². The average Bonchev–Trinajstić information content (AvgIpc) is 3.55. The summed E-state index contributed by atoms with van der Waals surface area (Å²) in [7, 11) is 0.